The molecule has 1 fully saturated rings. The molecule has 1 aromatic rings. The maximum Gasteiger partial charge on any atom is 0.265 e. The van der Waals surface area contributed by atoms with E-state index in [1.807, 2.05) is 20.8 Å². The third-order valence-corrected chi connectivity index (χ3v) is 7.15. The summed E-state index contributed by atoms with van der Waals surface area (Å²) >= 11 is 6.84. The Balaban J connectivity index is 2.54. The lowest BCUT2D eigenvalue weighted by atomic mass is 10.1. The number of hydrogen-bond acceptors (Lipinski definition) is 5. The molecule has 31 heavy (non-hydrogen) atoms. The standard InChI is InChI=1S/C23H32N4O2S2/c1-7-11-13-25(14-12-8-2)22-19(24-6)16(5)18(31-22)15-17-20(28)26(9-3)23(30)27(10-4)21(17)29/h15H,7-14H2,1-5H3. The molecular formula is C23H32N4O2S2. The van der Waals surface area contributed by atoms with Crippen molar-refractivity contribution in [1.82, 2.24) is 9.80 Å². The van der Waals surface area contributed by atoms with Crippen LogP contribution < -0.4 is 4.90 Å². The predicted octanol–water partition coefficient (Wildman–Crippen LogP) is 5.39. The smallest absolute Gasteiger partial charge is 0.265 e. The first-order valence-corrected chi connectivity index (χ1v) is 12.2. The number of likely N-dealkylation sites (N-methyl/N-ethyl adjacent to an activating group) is 2. The van der Waals surface area contributed by atoms with Crippen LogP contribution in [0.15, 0.2) is 5.57 Å². The molecule has 1 aromatic heterocycles. The molecule has 2 heterocycles. The molecule has 0 unspecified atom stereocenters. The lowest BCUT2D eigenvalue weighted by Gasteiger charge is -2.35. The van der Waals surface area contributed by atoms with E-state index < -0.39 is 0 Å². The number of carbonyl (C=O) groups excluding carboxylic acids is 2. The number of rotatable bonds is 10. The Hall–Kier alpha value is -2.24. The number of thiophene rings is 1. The Morgan fingerprint density at radius 2 is 1.55 bits per heavy atom. The van der Waals surface area contributed by atoms with Crippen LogP contribution in [0.1, 0.15) is 63.8 Å². The zero-order chi connectivity index (χ0) is 23.1. The van der Waals surface area contributed by atoms with E-state index in [0.29, 0.717) is 18.8 Å². The maximum atomic E-state index is 13.0. The second-order valence-corrected chi connectivity index (χ2v) is 8.89. The molecule has 168 valence electrons. The van der Waals surface area contributed by atoms with Crippen molar-refractivity contribution in [3.63, 3.8) is 0 Å². The fourth-order valence-corrected chi connectivity index (χ4v) is 5.18. The summed E-state index contributed by atoms with van der Waals surface area (Å²) < 4.78 is 0. The van der Waals surface area contributed by atoms with Crippen LogP contribution in [0.4, 0.5) is 10.7 Å². The molecule has 1 aliphatic rings. The molecule has 8 heteroatoms. The van der Waals surface area contributed by atoms with E-state index in [1.165, 1.54) is 21.1 Å². The first-order valence-electron chi connectivity index (χ1n) is 11.0. The van der Waals surface area contributed by atoms with E-state index >= 15 is 0 Å². The van der Waals surface area contributed by atoms with Crippen LogP contribution in [-0.4, -0.2) is 52.9 Å². The van der Waals surface area contributed by atoms with Crippen LogP contribution in [0.3, 0.4) is 0 Å². The van der Waals surface area contributed by atoms with E-state index in [1.54, 1.807) is 6.08 Å². The number of nitrogens with zero attached hydrogens (tertiary/aromatic N) is 4. The zero-order valence-electron chi connectivity index (χ0n) is 19.2. The Kier molecular flexibility index (Phi) is 9.20. The van der Waals surface area contributed by atoms with Crippen molar-refractivity contribution in [2.45, 2.75) is 60.3 Å². The third-order valence-electron chi connectivity index (χ3n) is 5.42. The number of unbranched alkanes of at least 4 members (excludes halogenated alkanes) is 2. The van der Waals surface area contributed by atoms with E-state index in [9.17, 15) is 9.59 Å². The molecule has 2 rings (SSSR count). The largest absolute Gasteiger partial charge is 0.372 e. The predicted molar refractivity (Wildman–Crippen MR) is 133 cm³/mol. The van der Waals surface area contributed by atoms with Crippen LogP contribution in [0.2, 0.25) is 0 Å². The van der Waals surface area contributed by atoms with Crippen molar-refractivity contribution < 1.29 is 9.59 Å². The van der Waals surface area contributed by atoms with E-state index in [0.717, 1.165) is 54.2 Å². The fraction of sp³-hybridized carbons (Fsp3) is 0.565. The summed E-state index contributed by atoms with van der Waals surface area (Å²) in [4.78, 5) is 35.8. The van der Waals surface area contributed by atoms with Crippen molar-refractivity contribution in [2.24, 2.45) is 0 Å². The van der Waals surface area contributed by atoms with Crippen molar-refractivity contribution in [2.75, 3.05) is 31.1 Å². The van der Waals surface area contributed by atoms with Crippen molar-refractivity contribution in [1.29, 1.82) is 0 Å². The monoisotopic (exact) mass is 460 g/mol. The molecule has 6 nitrogen and oxygen atoms in total. The van der Waals surface area contributed by atoms with Gasteiger partial charge in [-0.15, -0.1) is 11.3 Å². The SMILES string of the molecule is [C-]#[N+]c1c(N(CCCC)CCCC)sc(C=C2C(=O)N(CC)C(=S)N(CC)C2=O)c1C. The molecule has 1 saturated heterocycles. The highest BCUT2D eigenvalue weighted by atomic mass is 32.1. The molecular weight excluding hydrogens is 428 g/mol. The summed E-state index contributed by atoms with van der Waals surface area (Å²) in [6, 6.07) is 0. The number of anilines is 1. The molecule has 0 radical (unpaired) electrons. The summed E-state index contributed by atoms with van der Waals surface area (Å²) in [5, 5.41) is 1.19. The minimum Gasteiger partial charge on any atom is -0.372 e. The van der Waals surface area contributed by atoms with Gasteiger partial charge in [0.2, 0.25) is 5.69 Å². The molecule has 0 aliphatic carbocycles. The summed E-state index contributed by atoms with van der Waals surface area (Å²) in [7, 11) is 0. The molecule has 0 atom stereocenters. The van der Waals surface area contributed by atoms with E-state index in [2.05, 4.69) is 23.6 Å². The van der Waals surface area contributed by atoms with Gasteiger partial charge in [0, 0.05) is 31.1 Å². The van der Waals surface area contributed by atoms with Crippen LogP contribution in [0.25, 0.3) is 10.9 Å². The number of carbonyl (C=O) groups is 2. The van der Waals surface area contributed by atoms with Gasteiger partial charge in [-0.05, 0) is 57.5 Å². The van der Waals surface area contributed by atoms with Gasteiger partial charge in [0.05, 0.1) is 11.6 Å². The van der Waals surface area contributed by atoms with Gasteiger partial charge in [0.15, 0.2) is 5.11 Å². The summed E-state index contributed by atoms with van der Waals surface area (Å²) in [5.41, 5.74) is 1.55. The van der Waals surface area contributed by atoms with Crippen LogP contribution in [-0.2, 0) is 9.59 Å². The van der Waals surface area contributed by atoms with E-state index in [-0.39, 0.29) is 22.5 Å². The average Bonchev–Trinajstić information content (AvgIpc) is 3.07. The first-order chi connectivity index (χ1) is 14.9. The molecule has 2 amide bonds. The second-order valence-electron chi connectivity index (χ2n) is 7.49. The number of amides is 2. The summed E-state index contributed by atoms with van der Waals surface area (Å²) in [5.74, 6) is -0.732. The molecule has 0 spiro atoms. The lowest BCUT2D eigenvalue weighted by molar-refractivity contribution is -0.133. The van der Waals surface area contributed by atoms with Crippen LogP contribution >= 0.6 is 23.6 Å². The Morgan fingerprint density at radius 3 is 1.97 bits per heavy atom. The zero-order valence-corrected chi connectivity index (χ0v) is 20.8. The maximum absolute atomic E-state index is 13.0. The highest BCUT2D eigenvalue weighted by molar-refractivity contribution is 7.80. The first kappa shape index (κ1) is 25.0. The second kappa shape index (κ2) is 11.4. The van der Waals surface area contributed by atoms with Crippen molar-refractivity contribution in [3.8, 4) is 0 Å². The lowest BCUT2D eigenvalue weighted by Crippen LogP contribution is -2.55. The topological polar surface area (TPSA) is 48.2 Å². The Bertz CT molecular complexity index is 877. The fourth-order valence-electron chi connectivity index (χ4n) is 3.52. The average molecular weight is 461 g/mol. The van der Waals surface area contributed by atoms with Gasteiger partial charge >= 0.3 is 0 Å². The highest BCUT2D eigenvalue weighted by Crippen LogP contribution is 2.44. The summed E-state index contributed by atoms with van der Waals surface area (Å²) in [6.07, 6.45) is 5.94. The van der Waals surface area contributed by atoms with Gasteiger partial charge in [-0.1, -0.05) is 26.7 Å². The minimum atomic E-state index is -0.366. The van der Waals surface area contributed by atoms with Gasteiger partial charge in [-0.3, -0.25) is 19.4 Å². The van der Waals surface area contributed by atoms with Gasteiger partial charge in [0.1, 0.15) is 5.57 Å². The number of thiocarbonyl (C=S) groups is 1. The molecule has 1 aliphatic heterocycles. The third kappa shape index (κ3) is 5.16. The Morgan fingerprint density at radius 1 is 1.03 bits per heavy atom. The normalized spacial score (nSPS) is 14.3. The highest BCUT2D eigenvalue weighted by Gasteiger charge is 2.38. The Labute approximate surface area is 195 Å². The van der Waals surface area contributed by atoms with Crippen LogP contribution in [0.5, 0.6) is 0 Å². The number of hydrogen-bond donors (Lipinski definition) is 0. The van der Waals surface area contributed by atoms with Crippen molar-refractivity contribution in [3.05, 3.63) is 27.4 Å². The van der Waals surface area contributed by atoms with E-state index in [4.69, 9.17) is 18.8 Å². The van der Waals surface area contributed by atoms with Gasteiger partial charge in [0.25, 0.3) is 11.8 Å². The molecule has 0 N–H and O–H groups in total. The van der Waals surface area contributed by atoms with Crippen molar-refractivity contribution >= 4 is 57.2 Å². The molecule has 0 aromatic carbocycles. The quantitative estimate of drug-likeness (QED) is 0.203. The minimum absolute atomic E-state index is 0.110. The summed E-state index contributed by atoms with van der Waals surface area (Å²) in [6.45, 7) is 20.3. The van der Waals surface area contributed by atoms with Gasteiger partial charge in [-0.25, -0.2) is 4.85 Å². The molecule has 0 saturated carbocycles. The van der Waals surface area contributed by atoms with Crippen LogP contribution in [0, 0.1) is 13.5 Å². The van der Waals surface area contributed by atoms with Gasteiger partial charge in [-0.2, -0.15) is 0 Å². The molecule has 0 bridgehead atoms. The van der Waals surface area contributed by atoms with Gasteiger partial charge < -0.3 is 4.90 Å².